The average molecular weight is 328 g/mol. The molecule has 0 fully saturated rings. The van der Waals surface area contributed by atoms with Crippen LogP contribution in [0.5, 0.6) is 5.75 Å². The van der Waals surface area contributed by atoms with Crippen molar-refractivity contribution >= 4 is 22.2 Å². The summed E-state index contributed by atoms with van der Waals surface area (Å²) in [5, 5.41) is 17.5. The molecule has 0 unspecified atom stereocenters. The summed E-state index contributed by atoms with van der Waals surface area (Å²) < 4.78 is 0. The molecular weight excluding hydrogens is 308 g/mol. The zero-order chi connectivity index (χ0) is 16.1. The van der Waals surface area contributed by atoms with Crippen LogP contribution < -0.4 is 10.6 Å². The number of rotatable bonds is 1. The van der Waals surface area contributed by atoms with Gasteiger partial charge in [-0.05, 0) is 49.8 Å². The molecular formula is C18H20N2O2S. The van der Waals surface area contributed by atoms with Crippen LogP contribution in [0.3, 0.4) is 0 Å². The van der Waals surface area contributed by atoms with E-state index in [0.717, 1.165) is 35.4 Å². The van der Waals surface area contributed by atoms with E-state index in [9.17, 15) is 9.90 Å². The Balaban J connectivity index is 1.73. The molecule has 0 bridgehead atoms. The van der Waals surface area contributed by atoms with E-state index >= 15 is 0 Å². The van der Waals surface area contributed by atoms with Gasteiger partial charge in [-0.3, -0.25) is 4.79 Å². The lowest BCUT2D eigenvalue weighted by molar-refractivity contribution is 0.0935. The molecule has 0 saturated carbocycles. The Morgan fingerprint density at radius 1 is 1.30 bits per heavy atom. The van der Waals surface area contributed by atoms with E-state index in [4.69, 9.17) is 0 Å². The van der Waals surface area contributed by atoms with Crippen LogP contribution in [-0.4, -0.2) is 11.0 Å². The maximum absolute atomic E-state index is 12.7. The van der Waals surface area contributed by atoms with Crippen LogP contribution in [-0.2, 0) is 12.8 Å². The molecule has 1 amide bonds. The topological polar surface area (TPSA) is 61.4 Å². The fraction of sp³-hybridized carbons (Fsp3) is 0.389. The van der Waals surface area contributed by atoms with Crippen molar-refractivity contribution in [3.8, 4) is 5.75 Å². The summed E-state index contributed by atoms with van der Waals surface area (Å²) in [6, 6.07) is 5.45. The second kappa shape index (κ2) is 5.27. The van der Waals surface area contributed by atoms with Crippen LogP contribution in [0, 0.1) is 12.8 Å². The van der Waals surface area contributed by atoms with Gasteiger partial charge in [-0.25, -0.2) is 0 Å². The molecule has 0 spiro atoms. The maximum Gasteiger partial charge on any atom is 0.256 e. The third-order valence-electron chi connectivity index (χ3n) is 4.78. The average Bonchev–Trinajstić information content (AvgIpc) is 2.87. The lowest BCUT2D eigenvalue weighted by Crippen LogP contribution is -2.38. The van der Waals surface area contributed by atoms with Gasteiger partial charge in [-0.1, -0.05) is 18.6 Å². The Morgan fingerprint density at radius 3 is 2.96 bits per heavy atom. The van der Waals surface area contributed by atoms with Gasteiger partial charge in [0.05, 0.1) is 5.56 Å². The second-order valence-corrected chi connectivity index (χ2v) is 7.77. The molecule has 120 valence electrons. The number of aryl methyl sites for hydroxylation is 1. The number of benzene rings is 1. The minimum absolute atomic E-state index is 0.0308. The van der Waals surface area contributed by atoms with E-state index < -0.39 is 0 Å². The zero-order valence-electron chi connectivity index (χ0n) is 13.3. The Kier molecular flexibility index (Phi) is 3.34. The number of phenols is 1. The zero-order valence-corrected chi connectivity index (χ0v) is 14.1. The van der Waals surface area contributed by atoms with Crippen LogP contribution in [0.4, 0.5) is 5.00 Å². The van der Waals surface area contributed by atoms with E-state index in [1.807, 2.05) is 19.1 Å². The molecule has 2 aliphatic rings. The number of anilines is 1. The van der Waals surface area contributed by atoms with Gasteiger partial charge in [0.15, 0.2) is 0 Å². The molecule has 3 N–H and O–H groups in total. The molecule has 2 heterocycles. The van der Waals surface area contributed by atoms with Crippen molar-refractivity contribution in [3.05, 3.63) is 45.3 Å². The predicted octanol–water partition coefficient (Wildman–Crippen LogP) is 3.74. The van der Waals surface area contributed by atoms with Gasteiger partial charge >= 0.3 is 0 Å². The fourth-order valence-corrected chi connectivity index (χ4v) is 4.96. The van der Waals surface area contributed by atoms with Gasteiger partial charge in [0.25, 0.3) is 5.91 Å². The monoisotopic (exact) mass is 328 g/mol. The van der Waals surface area contributed by atoms with Gasteiger partial charge in [0, 0.05) is 10.4 Å². The van der Waals surface area contributed by atoms with Crippen LogP contribution in [0.2, 0.25) is 0 Å². The van der Waals surface area contributed by atoms with Crippen LogP contribution in [0.15, 0.2) is 18.2 Å². The molecule has 2 aromatic rings. The lowest BCUT2D eigenvalue weighted by atomic mass is 9.88. The molecule has 2 atom stereocenters. The quantitative estimate of drug-likeness (QED) is 0.747. The largest absolute Gasteiger partial charge is 0.508 e. The number of aromatic hydroxyl groups is 1. The predicted molar refractivity (Wildman–Crippen MR) is 92.2 cm³/mol. The van der Waals surface area contributed by atoms with Gasteiger partial charge in [-0.15, -0.1) is 11.3 Å². The number of carbonyl (C=O) groups excluding carboxylic acids is 1. The smallest absolute Gasteiger partial charge is 0.256 e. The van der Waals surface area contributed by atoms with Gasteiger partial charge < -0.3 is 15.7 Å². The summed E-state index contributed by atoms with van der Waals surface area (Å²) in [5.41, 5.74) is 3.81. The van der Waals surface area contributed by atoms with Crippen LogP contribution in [0.25, 0.3) is 0 Å². The molecule has 0 saturated heterocycles. The Morgan fingerprint density at radius 2 is 2.13 bits per heavy atom. The number of thiophene rings is 1. The molecule has 1 aliphatic carbocycles. The van der Waals surface area contributed by atoms with Gasteiger partial charge in [0.1, 0.15) is 16.9 Å². The number of phenolic OH excluding ortho intramolecular Hbond substituents is 1. The molecule has 5 heteroatoms. The van der Waals surface area contributed by atoms with Crippen LogP contribution in [0.1, 0.15) is 51.4 Å². The number of hydrogen-bond acceptors (Lipinski definition) is 4. The number of fused-ring (bicyclic) bond motifs is 3. The van der Waals surface area contributed by atoms with Crippen LogP contribution >= 0.6 is 11.3 Å². The van der Waals surface area contributed by atoms with Crippen molar-refractivity contribution in [1.82, 2.24) is 5.32 Å². The highest BCUT2D eigenvalue weighted by Gasteiger charge is 2.33. The molecule has 1 aliphatic heterocycles. The first-order valence-corrected chi connectivity index (χ1v) is 8.86. The first-order chi connectivity index (χ1) is 11.0. The van der Waals surface area contributed by atoms with E-state index in [1.165, 1.54) is 10.4 Å². The Labute approximate surface area is 139 Å². The SMILES string of the molecule is Cc1ccc(O)c([C@@H]2NC(=O)c3c(sc4c3CC[C@H](C)C4)N2)c1. The summed E-state index contributed by atoms with van der Waals surface area (Å²) >= 11 is 1.70. The minimum atomic E-state index is -0.382. The summed E-state index contributed by atoms with van der Waals surface area (Å²) in [6.45, 7) is 4.24. The van der Waals surface area contributed by atoms with E-state index in [0.29, 0.717) is 11.5 Å². The molecule has 4 rings (SSSR count). The van der Waals surface area contributed by atoms with E-state index in [2.05, 4.69) is 17.6 Å². The van der Waals surface area contributed by atoms with Crippen molar-refractivity contribution in [2.24, 2.45) is 5.92 Å². The van der Waals surface area contributed by atoms with Crippen molar-refractivity contribution in [2.45, 2.75) is 39.3 Å². The summed E-state index contributed by atoms with van der Waals surface area (Å²) in [7, 11) is 0. The third-order valence-corrected chi connectivity index (χ3v) is 5.97. The van der Waals surface area contributed by atoms with Gasteiger partial charge in [0.2, 0.25) is 0 Å². The highest BCUT2D eigenvalue weighted by Crippen LogP contribution is 2.43. The number of amides is 1. The first-order valence-electron chi connectivity index (χ1n) is 8.04. The van der Waals surface area contributed by atoms with Crippen molar-refractivity contribution in [3.63, 3.8) is 0 Å². The minimum Gasteiger partial charge on any atom is -0.508 e. The van der Waals surface area contributed by atoms with E-state index in [-0.39, 0.29) is 17.8 Å². The first kappa shape index (κ1) is 14.6. The molecule has 23 heavy (non-hydrogen) atoms. The van der Waals surface area contributed by atoms with Crippen molar-refractivity contribution < 1.29 is 9.90 Å². The van der Waals surface area contributed by atoms with Gasteiger partial charge in [-0.2, -0.15) is 0 Å². The molecule has 1 aromatic carbocycles. The van der Waals surface area contributed by atoms with Crippen molar-refractivity contribution in [1.29, 1.82) is 0 Å². The Hall–Kier alpha value is -2.01. The van der Waals surface area contributed by atoms with E-state index in [1.54, 1.807) is 17.4 Å². The fourth-order valence-electron chi connectivity index (χ4n) is 3.52. The Bertz CT molecular complexity index is 797. The highest BCUT2D eigenvalue weighted by atomic mass is 32.1. The number of hydrogen-bond donors (Lipinski definition) is 3. The standard InChI is InChI=1S/C18H20N2O2S/c1-9-4-6-13(21)12(7-9)16-19-17(22)15-11-5-3-10(2)8-14(11)23-18(15)20-16/h4,6-7,10,16,20-21H,3,5,8H2,1-2H3,(H,19,22)/t10-,16+/m0/s1. The number of nitrogens with one attached hydrogen (secondary N) is 2. The summed E-state index contributed by atoms with van der Waals surface area (Å²) in [4.78, 5) is 14.0. The molecule has 4 nitrogen and oxygen atoms in total. The summed E-state index contributed by atoms with van der Waals surface area (Å²) in [5.74, 6) is 0.853. The van der Waals surface area contributed by atoms with Crippen molar-refractivity contribution in [2.75, 3.05) is 5.32 Å². The normalized spacial score (nSPS) is 22.8. The summed E-state index contributed by atoms with van der Waals surface area (Å²) in [6.07, 6.45) is 2.80. The second-order valence-electron chi connectivity index (χ2n) is 6.67. The lowest BCUT2D eigenvalue weighted by Gasteiger charge is -2.27. The molecule has 0 radical (unpaired) electrons. The number of carbonyl (C=O) groups is 1. The maximum atomic E-state index is 12.7. The third kappa shape index (κ3) is 2.39. The highest BCUT2D eigenvalue weighted by molar-refractivity contribution is 7.16. The molecule has 1 aromatic heterocycles.